The molecule has 0 aromatic heterocycles. The predicted octanol–water partition coefficient (Wildman–Crippen LogP) is 2.28. The fraction of sp³-hybridized carbons (Fsp3) is 0.467. The van der Waals surface area contributed by atoms with E-state index in [9.17, 15) is 9.59 Å². The number of benzene rings is 1. The van der Waals surface area contributed by atoms with Crippen LogP contribution in [0.25, 0.3) is 0 Å². The third-order valence-electron chi connectivity index (χ3n) is 3.72. The number of hydrogen-bond donors (Lipinski definition) is 0. The topological polar surface area (TPSA) is 46.6 Å². The Balaban J connectivity index is 2.12. The molecule has 1 amide bonds. The van der Waals surface area contributed by atoms with Crippen LogP contribution >= 0.6 is 0 Å². The van der Waals surface area contributed by atoms with E-state index in [1.807, 2.05) is 12.1 Å². The van der Waals surface area contributed by atoms with Crippen molar-refractivity contribution in [3.05, 3.63) is 29.8 Å². The first-order valence-corrected chi connectivity index (χ1v) is 6.55. The van der Waals surface area contributed by atoms with E-state index in [0.29, 0.717) is 29.9 Å². The molecule has 4 heteroatoms. The van der Waals surface area contributed by atoms with Crippen molar-refractivity contribution in [3.8, 4) is 5.75 Å². The molecule has 1 aromatic rings. The first-order valence-electron chi connectivity index (χ1n) is 6.55. The van der Waals surface area contributed by atoms with Crippen LogP contribution in [0.1, 0.15) is 36.0 Å². The van der Waals surface area contributed by atoms with Crippen molar-refractivity contribution in [1.29, 1.82) is 0 Å². The van der Waals surface area contributed by atoms with Gasteiger partial charge in [-0.1, -0.05) is 12.1 Å². The molecule has 0 radical (unpaired) electrons. The lowest BCUT2D eigenvalue weighted by atomic mass is 9.93. The number of methoxy groups -OCH3 is 1. The van der Waals surface area contributed by atoms with Gasteiger partial charge in [0, 0.05) is 25.9 Å². The van der Waals surface area contributed by atoms with Crippen LogP contribution in [0.2, 0.25) is 0 Å². The summed E-state index contributed by atoms with van der Waals surface area (Å²) in [4.78, 5) is 25.5. The summed E-state index contributed by atoms with van der Waals surface area (Å²) in [5.74, 6) is 0.845. The van der Waals surface area contributed by atoms with Gasteiger partial charge in [-0.05, 0) is 25.0 Å². The average Bonchev–Trinajstić information content (AvgIpc) is 2.46. The van der Waals surface area contributed by atoms with E-state index < -0.39 is 0 Å². The van der Waals surface area contributed by atoms with Gasteiger partial charge in [0.1, 0.15) is 11.5 Å². The van der Waals surface area contributed by atoms with Crippen LogP contribution in [0.15, 0.2) is 24.3 Å². The van der Waals surface area contributed by atoms with Gasteiger partial charge in [-0.15, -0.1) is 0 Å². The second-order valence-electron chi connectivity index (χ2n) is 4.89. The summed E-state index contributed by atoms with van der Waals surface area (Å²) in [6.45, 7) is 0. The highest BCUT2D eigenvalue weighted by molar-refractivity contribution is 5.97. The number of amides is 1. The smallest absolute Gasteiger partial charge is 0.257 e. The molecule has 1 saturated carbocycles. The number of carbonyl (C=O) groups is 2. The van der Waals surface area contributed by atoms with Crippen LogP contribution in [0, 0.1) is 0 Å². The molecule has 102 valence electrons. The molecule has 19 heavy (non-hydrogen) atoms. The Hall–Kier alpha value is -1.84. The molecule has 4 nitrogen and oxygen atoms in total. The summed E-state index contributed by atoms with van der Waals surface area (Å²) >= 11 is 0. The van der Waals surface area contributed by atoms with Crippen LogP contribution in [0.4, 0.5) is 0 Å². The molecule has 0 N–H and O–H groups in total. The molecule has 0 spiro atoms. The first-order chi connectivity index (χ1) is 9.13. The lowest BCUT2D eigenvalue weighted by molar-refractivity contribution is -0.121. The van der Waals surface area contributed by atoms with Gasteiger partial charge >= 0.3 is 0 Å². The van der Waals surface area contributed by atoms with Crippen LogP contribution < -0.4 is 4.74 Å². The van der Waals surface area contributed by atoms with Gasteiger partial charge in [0.25, 0.3) is 5.91 Å². The van der Waals surface area contributed by atoms with Crippen molar-refractivity contribution in [2.45, 2.75) is 31.7 Å². The lowest BCUT2D eigenvalue weighted by Crippen LogP contribution is -2.39. The average molecular weight is 261 g/mol. The molecular formula is C15H19NO3. The largest absolute Gasteiger partial charge is 0.496 e. The molecule has 0 unspecified atom stereocenters. The Bertz CT molecular complexity index is 474. The maximum atomic E-state index is 12.5. The highest BCUT2D eigenvalue weighted by Crippen LogP contribution is 2.24. The normalized spacial score (nSPS) is 16.2. The number of ether oxygens (including phenoxy) is 1. The second-order valence-corrected chi connectivity index (χ2v) is 4.89. The van der Waals surface area contributed by atoms with E-state index in [2.05, 4.69) is 0 Å². The highest BCUT2D eigenvalue weighted by Gasteiger charge is 2.26. The number of carbonyl (C=O) groups excluding carboxylic acids is 2. The Morgan fingerprint density at radius 1 is 1.26 bits per heavy atom. The molecule has 1 aromatic carbocycles. The van der Waals surface area contributed by atoms with Crippen molar-refractivity contribution in [2.75, 3.05) is 14.2 Å². The number of para-hydroxylation sites is 1. The first kappa shape index (κ1) is 13.6. The minimum absolute atomic E-state index is 0.0446. The van der Waals surface area contributed by atoms with E-state index in [1.165, 1.54) is 0 Å². The highest BCUT2D eigenvalue weighted by atomic mass is 16.5. The van der Waals surface area contributed by atoms with E-state index in [-0.39, 0.29) is 11.9 Å². The third-order valence-corrected chi connectivity index (χ3v) is 3.72. The molecule has 0 saturated heterocycles. The zero-order chi connectivity index (χ0) is 13.8. The maximum Gasteiger partial charge on any atom is 0.257 e. The van der Waals surface area contributed by atoms with Crippen molar-refractivity contribution >= 4 is 11.7 Å². The number of nitrogens with zero attached hydrogens (tertiary/aromatic N) is 1. The fourth-order valence-electron chi connectivity index (χ4n) is 2.49. The van der Waals surface area contributed by atoms with Gasteiger partial charge in [-0.25, -0.2) is 0 Å². The number of Topliss-reactive ketones (excluding diaryl/α,β-unsaturated/α-hetero) is 1. The molecule has 1 fully saturated rings. The summed E-state index contributed by atoms with van der Waals surface area (Å²) < 4.78 is 5.22. The van der Waals surface area contributed by atoms with E-state index in [1.54, 1.807) is 31.2 Å². The molecule has 0 bridgehead atoms. The molecule has 1 aliphatic carbocycles. The number of hydrogen-bond acceptors (Lipinski definition) is 3. The van der Waals surface area contributed by atoms with Crippen molar-refractivity contribution in [3.63, 3.8) is 0 Å². The van der Waals surface area contributed by atoms with Gasteiger partial charge < -0.3 is 9.64 Å². The van der Waals surface area contributed by atoms with Crippen LogP contribution in [-0.2, 0) is 4.79 Å². The number of ketones is 1. The van der Waals surface area contributed by atoms with Gasteiger partial charge in [-0.2, -0.15) is 0 Å². The van der Waals surface area contributed by atoms with E-state index in [4.69, 9.17) is 4.74 Å². The Labute approximate surface area is 113 Å². The minimum atomic E-state index is -0.0446. The van der Waals surface area contributed by atoms with Crippen molar-refractivity contribution in [2.24, 2.45) is 0 Å². The summed E-state index contributed by atoms with van der Waals surface area (Å²) in [6.07, 6.45) is 2.68. The fourth-order valence-corrected chi connectivity index (χ4v) is 2.49. The lowest BCUT2D eigenvalue weighted by Gasteiger charge is -2.31. The zero-order valence-electron chi connectivity index (χ0n) is 11.4. The van der Waals surface area contributed by atoms with E-state index in [0.717, 1.165) is 12.8 Å². The Morgan fingerprint density at radius 2 is 1.89 bits per heavy atom. The quantitative estimate of drug-likeness (QED) is 0.838. The summed E-state index contributed by atoms with van der Waals surface area (Å²) in [5, 5.41) is 0. The zero-order valence-corrected chi connectivity index (χ0v) is 11.4. The molecule has 0 heterocycles. The summed E-state index contributed by atoms with van der Waals surface area (Å²) in [5.41, 5.74) is 0.574. The summed E-state index contributed by atoms with van der Waals surface area (Å²) in [6, 6.07) is 7.37. The van der Waals surface area contributed by atoms with Gasteiger partial charge in [0.15, 0.2) is 0 Å². The van der Waals surface area contributed by atoms with Crippen LogP contribution in [0.5, 0.6) is 5.75 Å². The summed E-state index contributed by atoms with van der Waals surface area (Å²) in [7, 11) is 3.36. The predicted molar refractivity (Wildman–Crippen MR) is 72.4 cm³/mol. The molecule has 0 atom stereocenters. The van der Waals surface area contributed by atoms with Crippen molar-refractivity contribution in [1.82, 2.24) is 4.90 Å². The van der Waals surface area contributed by atoms with Gasteiger partial charge in [-0.3, -0.25) is 9.59 Å². The molecule has 2 rings (SSSR count). The van der Waals surface area contributed by atoms with Gasteiger partial charge in [0.2, 0.25) is 0 Å². The molecule has 0 aliphatic heterocycles. The van der Waals surface area contributed by atoms with Crippen LogP contribution in [-0.4, -0.2) is 36.8 Å². The monoisotopic (exact) mass is 261 g/mol. The van der Waals surface area contributed by atoms with Crippen molar-refractivity contribution < 1.29 is 14.3 Å². The second kappa shape index (κ2) is 5.87. The Kier molecular flexibility index (Phi) is 4.20. The minimum Gasteiger partial charge on any atom is -0.496 e. The third kappa shape index (κ3) is 2.95. The standard InChI is InChI=1S/C15H19NO3/c1-16(11-7-9-12(17)10-8-11)15(18)13-5-3-4-6-14(13)19-2/h3-6,11H,7-10H2,1-2H3. The number of rotatable bonds is 3. The molecule has 1 aliphatic rings. The SMILES string of the molecule is COc1ccccc1C(=O)N(C)C1CCC(=O)CC1. The maximum absolute atomic E-state index is 12.5. The van der Waals surface area contributed by atoms with Crippen LogP contribution in [0.3, 0.4) is 0 Å². The Morgan fingerprint density at radius 3 is 2.53 bits per heavy atom. The molecular weight excluding hydrogens is 242 g/mol. The van der Waals surface area contributed by atoms with E-state index >= 15 is 0 Å². The van der Waals surface area contributed by atoms with Gasteiger partial charge in [0.05, 0.1) is 12.7 Å².